The molecular formula is C9H12S. The second-order valence-electron chi connectivity index (χ2n) is 2.41. The maximum Gasteiger partial charge on any atom is -0.0202 e. The van der Waals surface area contributed by atoms with Crippen molar-refractivity contribution in [3.8, 4) is 0 Å². The van der Waals surface area contributed by atoms with Crippen LogP contribution in [0.3, 0.4) is 0 Å². The van der Waals surface area contributed by atoms with Gasteiger partial charge in [0, 0.05) is 0 Å². The van der Waals surface area contributed by atoms with Gasteiger partial charge >= 0.3 is 0 Å². The van der Waals surface area contributed by atoms with Crippen LogP contribution in [0.15, 0.2) is 30.3 Å². The van der Waals surface area contributed by atoms with Crippen LogP contribution in [0.25, 0.3) is 0 Å². The highest BCUT2D eigenvalue weighted by Gasteiger charge is 1.81. The Morgan fingerprint density at radius 2 is 1.70 bits per heavy atom. The van der Waals surface area contributed by atoms with Gasteiger partial charge in [0.15, 0.2) is 0 Å². The molecule has 54 valence electrons. The van der Waals surface area contributed by atoms with E-state index in [4.69, 9.17) is 0 Å². The van der Waals surface area contributed by atoms with Gasteiger partial charge in [-0.2, -0.15) is 10.5 Å². The molecule has 0 radical (unpaired) electrons. The molecule has 0 unspecified atom stereocenters. The lowest BCUT2D eigenvalue weighted by molar-refractivity contribution is 1.69. The van der Waals surface area contributed by atoms with Crippen molar-refractivity contribution in [2.45, 2.75) is 0 Å². The average Bonchev–Trinajstić information content (AvgIpc) is 1.88. The third-order valence-electron chi connectivity index (χ3n) is 1.17. The van der Waals surface area contributed by atoms with Crippen molar-refractivity contribution in [3.05, 3.63) is 35.9 Å². The Labute approximate surface area is 64.8 Å². The SMILES string of the molecule is CS(C)=Cc1ccccc1. The summed E-state index contributed by atoms with van der Waals surface area (Å²) in [6.07, 6.45) is 4.43. The molecule has 0 aliphatic carbocycles. The third kappa shape index (κ3) is 2.36. The molecule has 1 aromatic rings. The summed E-state index contributed by atoms with van der Waals surface area (Å²) in [7, 11) is 0.408. The summed E-state index contributed by atoms with van der Waals surface area (Å²) in [5, 5.41) is 2.28. The maximum atomic E-state index is 2.28. The standard InChI is InChI=1S/C9H12S/c1-10(2)8-9-6-4-3-5-7-9/h3-8H,1-2H3. The molecule has 0 N–H and O–H groups in total. The van der Waals surface area contributed by atoms with E-state index in [0.717, 1.165) is 0 Å². The van der Waals surface area contributed by atoms with E-state index in [-0.39, 0.29) is 0 Å². The molecule has 0 spiro atoms. The summed E-state index contributed by atoms with van der Waals surface area (Å²) in [4.78, 5) is 0. The lowest BCUT2D eigenvalue weighted by atomic mass is 10.2. The zero-order valence-electron chi connectivity index (χ0n) is 6.37. The first-order valence-corrected chi connectivity index (χ1v) is 5.36. The monoisotopic (exact) mass is 152 g/mol. The molecule has 0 bridgehead atoms. The highest BCUT2D eigenvalue weighted by molar-refractivity contribution is 8.14. The molecule has 0 aromatic heterocycles. The van der Waals surface area contributed by atoms with Crippen molar-refractivity contribution >= 4 is 15.9 Å². The molecular weight excluding hydrogens is 140 g/mol. The lowest BCUT2D eigenvalue weighted by Crippen LogP contribution is -1.77. The Kier molecular flexibility index (Phi) is 2.69. The fraction of sp³-hybridized carbons (Fsp3) is 0.222. The quantitative estimate of drug-likeness (QED) is 0.542. The van der Waals surface area contributed by atoms with E-state index >= 15 is 0 Å². The van der Waals surface area contributed by atoms with Crippen molar-refractivity contribution in [1.82, 2.24) is 0 Å². The highest BCUT2D eigenvalue weighted by Crippen LogP contribution is 2.02. The Morgan fingerprint density at radius 1 is 1.10 bits per heavy atom. The van der Waals surface area contributed by atoms with Gasteiger partial charge in [0.1, 0.15) is 0 Å². The minimum Gasteiger partial charge on any atom is -0.191 e. The van der Waals surface area contributed by atoms with Crippen LogP contribution < -0.4 is 0 Å². The number of benzene rings is 1. The van der Waals surface area contributed by atoms with Crippen LogP contribution >= 0.6 is 10.5 Å². The minimum atomic E-state index is 0.408. The summed E-state index contributed by atoms with van der Waals surface area (Å²) < 4.78 is 0. The maximum absolute atomic E-state index is 2.28. The average molecular weight is 152 g/mol. The molecule has 0 amide bonds. The summed E-state index contributed by atoms with van der Waals surface area (Å²) >= 11 is 0. The number of hydrogen-bond donors (Lipinski definition) is 0. The van der Waals surface area contributed by atoms with E-state index < -0.39 is 0 Å². The van der Waals surface area contributed by atoms with Crippen LogP contribution in [-0.4, -0.2) is 17.9 Å². The Bertz CT molecular complexity index is 220. The van der Waals surface area contributed by atoms with Crippen LogP contribution in [0.2, 0.25) is 0 Å². The van der Waals surface area contributed by atoms with Gasteiger partial charge < -0.3 is 0 Å². The van der Waals surface area contributed by atoms with E-state index in [9.17, 15) is 0 Å². The van der Waals surface area contributed by atoms with E-state index in [1.54, 1.807) is 0 Å². The summed E-state index contributed by atoms with van der Waals surface area (Å²) in [5.41, 5.74) is 1.33. The zero-order chi connectivity index (χ0) is 7.40. The second kappa shape index (κ2) is 3.57. The Balaban J connectivity index is 2.87. The minimum absolute atomic E-state index is 0.408. The molecule has 10 heavy (non-hydrogen) atoms. The van der Waals surface area contributed by atoms with E-state index in [1.807, 2.05) is 6.07 Å². The van der Waals surface area contributed by atoms with Crippen molar-refractivity contribution in [2.75, 3.05) is 12.5 Å². The van der Waals surface area contributed by atoms with Crippen LogP contribution in [-0.2, 0) is 0 Å². The first kappa shape index (κ1) is 7.55. The van der Waals surface area contributed by atoms with Gasteiger partial charge in [-0.05, 0) is 23.4 Å². The van der Waals surface area contributed by atoms with E-state index in [2.05, 4.69) is 42.1 Å². The largest absolute Gasteiger partial charge is 0.191 e. The summed E-state index contributed by atoms with van der Waals surface area (Å²) in [6, 6.07) is 10.4. The third-order valence-corrected chi connectivity index (χ3v) is 1.91. The van der Waals surface area contributed by atoms with E-state index in [1.165, 1.54) is 5.56 Å². The molecule has 0 aliphatic heterocycles. The first-order chi connectivity index (χ1) is 4.79. The highest BCUT2D eigenvalue weighted by atomic mass is 32.2. The van der Waals surface area contributed by atoms with Gasteiger partial charge in [-0.25, -0.2) is 0 Å². The molecule has 0 saturated heterocycles. The van der Waals surface area contributed by atoms with Crippen LogP contribution in [0.5, 0.6) is 0 Å². The van der Waals surface area contributed by atoms with Gasteiger partial charge in [-0.3, -0.25) is 0 Å². The predicted octanol–water partition coefficient (Wildman–Crippen LogP) is 2.37. The molecule has 0 atom stereocenters. The topological polar surface area (TPSA) is 0 Å². The normalized spacial score (nSPS) is 9.90. The molecule has 1 heteroatoms. The summed E-state index contributed by atoms with van der Waals surface area (Å²) in [5.74, 6) is 0. The second-order valence-corrected chi connectivity index (χ2v) is 4.40. The summed E-state index contributed by atoms with van der Waals surface area (Å²) in [6.45, 7) is 0. The Hall–Kier alpha value is -0.560. The van der Waals surface area contributed by atoms with Gasteiger partial charge in [-0.1, -0.05) is 30.3 Å². The van der Waals surface area contributed by atoms with Crippen LogP contribution in [0, 0.1) is 0 Å². The molecule has 0 fully saturated rings. The van der Waals surface area contributed by atoms with Gasteiger partial charge in [-0.15, -0.1) is 0 Å². The first-order valence-electron chi connectivity index (χ1n) is 3.25. The molecule has 1 rings (SSSR count). The van der Waals surface area contributed by atoms with Crippen molar-refractivity contribution in [1.29, 1.82) is 0 Å². The zero-order valence-corrected chi connectivity index (χ0v) is 7.19. The van der Waals surface area contributed by atoms with Crippen LogP contribution in [0.1, 0.15) is 5.56 Å². The fourth-order valence-electron chi connectivity index (χ4n) is 0.804. The Morgan fingerprint density at radius 3 is 2.20 bits per heavy atom. The van der Waals surface area contributed by atoms with Crippen LogP contribution in [0.4, 0.5) is 0 Å². The van der Waals surface area contributed by atoms with Gasteiger partial charge in [0.2, 0.25) is 0 Å². The van der Waals surface area contributed by atoms with Gasteiger partial charge in [0.25, 0.3) is 0 Å². The molecule has 0 aliphatic rings. The predicted molar refractivity (Wildman–Crippen MR) is 51.0 cm³/mol. The fourth-order valence-corrected chi connectivity index (χ4v) is 1.51. The van der Waals surface area contributed by atoms with Crippen molar-refractivity contribution in [3.63, 3.8) is 0 Å². The molecule has 0 heterocycles. The smallest absolute Gasteiger partial charge is 0.0202 e. The number of hydrogen-bond acceptors (Lipinski definition) is 0. The lowest BCUT2D eigenvalue weighted by Gasteiger charge is -1.92. The van der Waals surface area contributed by atoms with Gasteiger partial charge in [0.05, 0.1) is 0 Å². The molecule has 0 saturated carbocycles. The molecule has 0 nitrogen and oxygen atoms in total. The van der Waals surface area contributed by atoms with Crippen molar-refractivity contribution in [2.24, 2.45) is 0 Å². The molecule has 1 aromatic carbocycles. The van der Waals surface area contributed by atoms with Crippen molar-refractivity contribution < 1.29 is 0 Å². The van der Waals surface area contributed by atoms with E-state index in [0.29, 0.717) is 10.5 Å². The number of rotatable bonds is 1.